The molecular weight excluding hydrogens is 277 g/mol. The molecule has 0 radical (unpaired) electrons. The maximum Gasteiger partial charge on any atom is 0.213 e. The highest BCUT2D eigenvalue weighted by Crippen LogP contribution is 2.26. The molecule has 0 aromatic carbocycles. The third kappa shape index (κ3) is 2.76. The van der Waals surface area contributed by atoms with Crippen LogP contribution in [-0.4, -0.2) is 55.4 Å². The van der Waals surface area contributed by atoms with Gasteiger partial charge in [-0.05, 0) is 19.0 Å². The first-order valence-corrected chi connectivity index (χ1v) is 6.98. The van der Waals surface area contributed by atoms with E-state index in [9.17, 15) is 9.18 Å². The molecule has 0 saturated carbocycles. The lowest BCUT2D eigenvalue weighted by molar-refractivity contribution is -0.0675. The minimum atomic E-state index is -0.613. The molecule has 2 saturated heterocycles. The molecule has 1 aromatic rings. The molecule has 3 unspecified atom stereocenters. The second-order valence-electron chi connectivity index (χ2n) is 5.29. The Labute approximate surface area is 122 Å². The number of ether oxygens (including phenoxy) is 2. The summed E-state index contributed by atoms with van der Waals surface area (Å²) in [5.74, 6) is -0.627. The number of pyridine rings is 1. The van der Waals surface area contributed by atoms with Crippen molar-refractivity contribution < 1.29 is 18.7 Å². The molecule has 0 spiro atoms. The molecule has 2 aliphatic heterocycles. The van der Waals surface area contributed by atoms with Gasteiger partial charge in [-0.15, -0.1) is 0 Å². The summed E-state index contributed by atoms with van der Waals surface area (Å²) in [6, 6.07) is 2.23. The van der Waals surface area contributed by atoms with Crippen molar-refractivity contribution >= 4 is 5.78 Å². The van der Waals surface area contributed by atoms with E-state index in [-0.39, 0.29) is 23.3 Å². The third-order valence-corrected chi connectivity index (χ3v) is 3.97. The molecule has 2 fully saturated rings. The van der Waals surface area contributed by atoms with Crippen LogP contribution in [0.1, 0.15) is 16.9 Å². The van der Waals surface area contributed by atoms with Crippen molar-refractivity contribution in [2.45, 2.75) is 12.5 Å². The molecule has 2 bridgehead atoms. The monoisotopic (exact) mass is 295 g/mol. The number of hydrogen-bond donors (Lipinski definition) is 1. The van der Waals surface area contributed by atoms with Crippen LogP contribution in [0, 0.1) is 11.7 Å². The van der Waals surface area contributed by atoms with Crippen molar-refractivity contribution in [1.82, 2.24) is 15.2 Å². The van der Waals surface area contributed by atoms with Gasteiger partial charge < -0.3 is 14.8 Å². The molecule has 21 heavy (non-hydrogen) atoms. The second kappa shape index (κ2) is 6.05. The first-order valence-electron chi connectivity index (χ1n) is 6.98. The van der Waals surface area contributed by atoms with Gasteiger partial charge in [-0.3, -0.25) is 9.69 Å². The zero-order valence-corrected chi connectivity index (χ0v) is 11.8. The van der Waals surface area contributed by atoms with E-state index in [1.54, 1.807) is 0 Å². The predicted molar refractivity (Wildman–Crippen MR) is 72.5 cm³/mol. The van der Waals surface area contributed by atoms with Crippen molar-refractivity contribution in [3.8, 4) is 5.88 Å². The van der Waals surface area contributed by atoms with E-state index >= 15 is 0 Å². The number of ketones is 1. The first-order chi connectivity index (χ1) is 10.2. The number of rotatable bonds is 3. The van der Waals surface area contributed by atoms with Crippen LogP contribution in [0.25, 0.3) is 0 Å². The summed E-state index contributed by atoms with van der Waals surface area (Å²) in [7, 11) is 1.44. The predicted octanol–water partition coefficient (Wildman–Crippen LogP) is 0.637. The van der Waals surface area contributed by atoms with Gasteiger partial charge in [0.1, 0.15) is 12.4 Å². The molecule has 6 nitrogen and oxygen atoms in total. The Kier molecular flexibility index (Phi) is 4.14. The lowest BCUT2D eigenvalue weighted by Crippen LogP contribution is -2.53. The molecule has 1 aromatic heterocycles. The van der Waals surface area contributed by atoms with Gasteiger partial charge in [-0.25, -0.2) is 9.37 Å². The van der Waals surface area contributed by atoms with Crippen molar-refractivity contribution in [3.05, 3.63) is 23.6 Å². The lowest BCUT2D eigenvalue weighted by atomic mass is 9.90. The normalized spacial score (nSPS) is 28.8. The molecule has 3 heterocycles. The quantitative estimate of drug-likeness (QED) is 0.826. The van der Waals surface area contributed by atoms with Gasteiger partial charge in [-0.2, -0.15) is 0 Å². The van der Waals surface area contributed by atoms with Crippen LogP contribution in [0.4, 0.5) is 4.39 Å². The van der Waals surface area contributed by atoms with Crippen molar-refractivity contribution in [3.63, 3.8) is 0 Å². The number of hydrogen-bond acceptors (Lipinski definition) is 6. The zero-order chi connectivity index (χ0) is 14.8. The fraction of sp³-hybridized carbons (Fsp3) is 0.571. The number of Topliss-reactive ketones (excluding diaryl/α,β-unsaturated/α-hetero) is 1. The maximum atomic E-state index is 14.0. The van der Waals surface area contributed by atoms with E-state index in [2.05, 4.69) is 10.3 Å². The molecule has 1 N–H and O–H groups in total. The third-order valence-electron chi connectivity index (χ3n) is 3.97. The molecule has 3 atom stereocenters. The van der Waals surface area contributed by atoms with Gasteiger partial charge >= 0.3 is 0 Å². The SMILES string of the molecule is COc1ccc(F)c(C(=O)C2C3CCNCN2COC3)n1. The average molecular weight is 295 g/mol. The van der Waals surface area contributed by atoms with Gasteiger partial charge in [0, 0.05) is 12.0 Å². The number of methoxy groups -OCH3 is 1. The lowest BCUT2D eigenvalue weighted by Gasteiger charge is -2.37. The van der Waals surface area contributed by atoms with Crippen molar-refractivity contribution in [2.75, 3.05) is 33.7 Å². The van der Waals surface area contributed by atoms with Gasteiger partial charge in [0.05, 0.1) is 26.4 Å². The van der Waals surface area contributed by atoms with Crippen LogP contribution in [0.5, 0.6) is 5.88 Å². The summed E-state index contributed by atoms with van der Waals surface area (Å²) < 4.78 is 24.5. The van der Waals surface area contributed by atoms with E-state index in [4.69, 9.17) is 9.47 Å². The highest BCUT2D eigenvalue weighted by atomic mass is 19.1. The Morgan fingerprint density at radius 3 is 3.24 bits per heavy atom. The van der Waals surface area contributed by atoms with Gasteiger partial charge in [0.25, 0.3) is 0 Å². The Bertz CT molecular complexity index is 526. The standard InChI is InChI=1S/C14H18FN3O3/c1-20-11-3-2-10(15)12(17-11)14(19)13-9-4-5-16-7-18(13)8-21-6-9/h2-3,9,13,16H,4-8H2,1H3. The number of halogens is 1. The fourth-order valence-electron chi connectivity index (χ4n) is 2.92. The number of nitrogens with one attached hydrogen (secondary N) is 1. The van der Waals surface area contributed by atoms with Crippen molar-refractivity contribution in [2.24, 2.45) is 5.92 Å². The largest absolute Gasteiger partial charge is 0.481 e. The van der Waals surface area contributed by atoms with Gasteiger partial charge in [-0.1, -0.05) is 0 Å². The summed E-state index contributed by atoms with van der Waals surface area (Å²) in [5.41, 5.74) is -0.154. The van der Waals surface area contributed by atoms with E-state index in [1.807, 2.05) is 4.90 Å². The smallest absolute Gasteiger partial charge is 0.213 e. The highest BCUT2D eigenvalue weighted by molar-refractivity contribution is 5.99. The first kappa shape index (κ1) is 14.4. The molecule has 2 aliphatic rings. The summed E-state index contributed by atoms with van der Waals surface area (Å²) in [6.45, 7) is 2.26. The maximum absolute atomic E-state index is 14.0. The van der Waals surface area contributed by atoms with Gasteiger partial charge in [0.2, 0.25) is 11.7 Å². The van der Waals surface area contributed by atoms with Crippen LogP contribution in [-0.2, 0) is 4.74 Å². The van der Waals surface area contributed by atoms with Crippen LogP contribution in [0.2, 0.25) is 0 Å². The topological polar surface area (TPSA) is 63.7 Å². The molecule has 0 aliphatic carbocycles. The molecule has 114 valence electrons. The summed E-state index contributed by atoms with van der Waals surface area (Å²) in [4.78, 5) is 18.7. The van der Waals surface area contributed by atoms with E-state index in [1.165, 1.54) is 19.2 Å². The average Bonchev–Trinajstić information content (AvgIpc) is 2.62. The minimum Gasteiger partial charge on any atom is -0.481 e. The fourth-order valence-corrected chi connectivity index (χ4v) is 2.92. The van der Waals surface area contributed by atoms with E-state index < -0.39 is 11.9 Å². The van der Waals surface area contributed by atoms with Gasteiger partial charge in [0.15, 0.2) is 5.82 Å². The number of nitrogens with zero attached hydrogens (tertiary/aromatic N) is 2. The molecule has 3 rings (SSSR count). The molecular formula is C14H18FN3O3. The number of fused-ring (bicyclic) bond motifs is 2. The number of aromatic nitrogens is 1. The second-order valence-corrected chi connectivity index (χ2v) is 5.29. The zero-order valence-electron chi connectivity index (χ0n) is 11.8. The summed E-state index contributed by atoms with van der Waals surface area (Å²) >= 11 is 0. The summed E-state index contributed by atoms with van der Waals surface area (Å²) in [6.07, 6.45) is 0.818. The van der Waals surface area contributed by atoms with Crippen LogP contribution >= 0.6 is 0 Å². The molecule has 0 amide bonds. The van der Waals surface area contributed by atoms with Crippen LogP contribution in [0.3, 0.4) is 0 Å². The number of carbonyl (C=O) groups excluding carboxylic acids is 1. The van der Waals surface area contributed by atoms with Crippen LogP contribution < -0.4 is 10.1 Å². The Balaban J connectivity index is 1.93. The molecule has 7 heteroatoms. The highest BCUT2D eigenvalue weighted by Gasteiger charge is 2.40. The van der Waals surface area contributed by atoms with E-state index in [0.717, 1.165) is 13.0 Å². The minimum absolute atomic E-state index is 0.0497. The Hall–Kier alpha value is -1.57. The summed E-state index contributed by atoms with van der Waals surface area (Å²) in [5, 5.41) is 3.25. The Morgan fingerprint density at radius 2 is 2.43 bits per heavy atom. The van der Waals surface area contributed by atoms with Crippen LogP contribution in [0.15, 0.2) is 12.1 Å². The number of carbonyl (C=O) groups is 1. The van der Waals surface area contributed by atoms with Crippen molar-refractivity contribution in [1.29, 1.82) is 0 Å². The van der Waals surface area contributed by atoms with E-state index in [0.29, 0.717) is 20.0 Å². The Morgan fingerprint density at radius 1 is 1.57 bits per heavy atom.